The average molecular weight is 354 g/mol. The van der Waals surface area contributed by atoms with Gasteiger partial charge in [-0.3, -0.25) is 4.90 Å². The van der Waals surface area contributed by atoms with Gasteiger partial charge in [-0.05, 0) is 56.3 Å². The Bertz CT molecular complexity index is 706. The molecule has 140 valence electrons. The zero-order valence-electron chi connectivity index (χ0n) is 16.0. The molecule has 0 amide bonds. The molecule has 0 bridgehead atoms. The molecule has 0 aliphatic carbocycles. The lowest BCUT2D eigenvalue weighted by molar-refractivity contribution is 0.109. The molecule has 5 heteroatoms. The molecule has 5 nitrogen and oxygen atoms in total. The molecule has 2 fully saturated rings. The van der Waals surface area contributed by atoms with E-state index in [0.29, 0.717) is 17.3 Å². The molecule has 1 unspecified atom stereocenters. The summed E-state index contributed by atoms with van der Waals surface area (Å²) in [4.78, 5) is 5.17. The van der Waals surface area contributed by atoms with Gasteiger partial charge in [0.1, 0.15) is 0 Å². The van der Waals surface area contributed by atoms with Crippen molar-refractivity contribution in [2.24, 2.45) is 5.41 Å². The highest BCUT2D eigenvalue weighted by Crippen LogP contribution is 2.48. The SMILES string of the molecule is CCN1CC2(CCN(CCc3ccccc3)CC2)CC1c1nnc(C)o1. The molecule has 2 aliphatic rings. The number of benzene rings is 1. The molecule has 4 rings (SSSR count). The van der Waals surface area contributed by atoms with Crippen LogP contribution in [0.1, 0.15) is 49.6 Å². The number of hydrogen-bond donors (Lipinski definition) is 0. The number of likely N-dealkylation sites (tertiary alicyclic amines) is 2. The lowest BCUT2D eigenvalue weighted by Crippen LogP contribution is -2.42. The van der Waals surface area contributed by atoms with Gasteiger partial charge in [0, 0.05) is 20.0 Å². The van der Waals surface area contributed by atoms with Crippen LogP contribution in [-0.2, 0) is 6.42 Å². The van der Waals surface area contributed by atoms with E-state index in [1.165, 1.54) is 44.6 Å². The summed E-state index contributed by atoms with van der Waals surface area (Å²) in [6.07, 6.45) is 4.87. The number of aromatic nitrogens is 2. The highest BCUT2D eigenvalue weighted by Gasteiger charge is 2.47. The third-order valence-electron chi connectivity index (χ3n) is 6.31. The number of nitrogens with zero attached hydrogens (tertiary/aromatic N) is 4. The number of hydrogen-bond acceptors (Lipinski definition) is 5. The summed E-state index contributed by atoms with van der Waals surface area (Å²) in [5.74, 6) is 1.49. The molecular weight excluding hydrogens is 324 g/mol. The zero-order valence-corrected chi connectivity index (χ0v) is 16.0. The Hall–Kier alpha value is -1.72. The Kier molecular flexibility index (Phi) is 5.09. The van der Waals surface area contributed by atoms with Gasteiger partial charge in [-0.25, -0.2) is 0 Å². The second-order valence-electron chi connectivity index (χ2n) is 8.02. The van der Waals surface area contributed by atoms with E-state index in [0.717, 1.165) is 25.3 Å². The summed E-state index contributed by atoms with van der Waals surface area (Å²) in [5.41, 5.74) is 1.87. The number of piperidine rings is 1. The van der Waals surface area contributed by atoms with Crippen molar-refractivity contribution in [3.63, 3.8) is 0 Å². The van der Waals surface area contributed by atoms with Crippen molar-refractivity contribution in [2.75, 3.05) is 32.7 Å². The maximum absolute atomic E-state index is 5.77. The third-order valence-corrected chi connectivity index (χ3v) is 6.31. The second-order valence-corrected chi connectivity index (χ2v) is 8.02. The van der Waals surface area contributed by atoms with Crippen LogP contribution in [-0.4, -0.2) is 52.7 Å². The van der Waals surface area contributed by atoms with Crippen LogP contribution in [0.2, 0.25) is 0 Å². The molecule has 1 atom stereocenters. The van der Waals surface area contributed by atoms with Crippen molar-refractivity contribution >= 4 is 0 Å². The van der Waals surface area contributed by atoms with Crippen LogP contribution < -0.4 is 0 Å². The van der Waals surface area contributed by atoms with Crippen LogP contribution in [0.4, 0.5) is 0 Å². The quantitative estimate of drug-likeness (QED) is 0.823. The van der Waals surface area contributed by atoms with Crippen LogP contribution >= 0.6 is 0 Å². The van der Waals surface area contributed by atoms with E-state index >= 15 is 0 Å². The van der Waals surface area contributed by atoms with Crippen LogP contribution in [0.5, 0.6) is 0 Å². The van der Waals surface area contributed by atoms with Crippen LogP contribution in [0, 0.1) is 12.3 Å². The van der Waals surface area contributed by atoms with E-state index in [2.05, 4.69) is 57.3 Å². The summed E-state index contributed by atoms with van der Waals surface area (Å²) in [7, 11) is 0. The molecule has 0 N–H and O–H groups in total. The van der Waals surface area contributed by atoms with Gasteiger partial charge in [-0.15, -0.1) is 10.2 Å². The fourth-order valence-electron chi connectivity index (χ4n) is 4.71. The molecule has 2 saturated heterocycles. The van der Waals surface area contributed by atoms with Crippen LogP contribution in [0.25, 0.3) is 0 Å². The minimum Gasteiger partial charge on any atom is -0.424 e. The Balaban J connectivity index is 1.34. The lowest BCUT2D eigenvalue weighted by Gasteiger charge is -2.39. The van der Waals surface area contributed by atoms with Gasteiger partial charge in [0.2, 0.25) is 11.8 Å². The zero-order chi connectivity index (χ0) is 18.0. The Labute approximate surface area is 156 Å². The van der Waals surface area contributed by atoms with Gasteiger partial charge in [-0.1, -0.05) is 37.3 Å². The fourth-order valence-corrected chi connectivity index (χ4v) is 4.71. The third kappa shape index (κ3) is 3.69. The Morgan fingerprint density at radius 2 is 1.92 bits per heavy atom. The normalized spacial score (nSPS) is 23.7. The summed E-state index contributed by atoms with van der Waals surface area (Å²) in [6.45, 7) is 9.92. The maximum Gasteiger partial charge on any atom is 0.233 e. The first kappa shape index (κ1) is 17.7. The molecule has 2 aliphatic heterocycles. The van der Waals surface area contributed by atoms with Gasteiger partial charge in [-0.2, -0.15) is 0 Å². The predicted molar refractivity (Wildman–Crippen MR) is 102 cm³/mol. The van der Waals surface area contributed by atoms with Crippen molar-refractivity contribution in [3.05, 3.63) is 47.7 Å². The molecule has 1 aromatic carbocycles. The molecule has 26 heavy (non-hydrogen) atoms. The van der Waals surface area contributed by atoms with Crippen LogP contribution in [0.15, 0.2) is 34.7 Å². The summed E-state index contributed by atoms with van der Waals surface area (Å²) in [5, 5.41) is 8.36. The molecule has 1 spiro atoms. The van der Waals surface area contributed by atoms with Crippen LogP contribution in [0.3, 0.4) is 0 Å². The average Bonchev–Trinajstić information content (AvgIpc) is 3.26. The number of rotatable bonds is 5. The molecule has 0 saturated carbocycles. The molecule has 3 heterocycles. The van der Waals surface area contributed by atoms with Crippen molar-refractivity contribution in [2.45, 2.75) is 45.6 Å². The standard InChI is InChI=1S/C21H30N4O/c1-3-25-16-21(15-19(25)20-23-22-17(2)26-20)10-13-24(14-11-21)12-9-18-7-5-4-6-8-18/h4-8,19H,3,9-16H2,1-2H3. The first-order chi connectivity index (χ1) is 12.7. The fraction of sp³-hybridized carbons (Fsp3) is 0.619. The van der Waals surface area contributed by atoms with Gasteiger partial charge >= 0.3 is 0 Å². The van der Waals surface area contributed by atoms with Gasteiger partial charge in [0.05, 0.1) is 6.04 Å². The Morgan fingerprint density at radius 3 is 2.58 bits per heavy atom. The van der Waals surface area contributed by atoms with E-state index in [1.807, 2.05) is 6.92 Å². The number of aryl methyl sites for hydroxylation is 1. The van der Waals surface area contributed by atoms with Gasteiger partial charge < -0.3 is 9.32 Å². The monoisotopic (exact) mass is 354 g/mol. The molecule has 2 aromatic rings. The topological polar surface area (TPSA) is 45.4 Å². The van der Waals surface area contributed by atoms with E-state index in [4.69, 9.17) is 4.42 Å². The van der Waals surface area contributed by atoms with E-state index < -0.39 is 0 Å². The van der Waals surface area contributed by atoms with Crippen molar-refractivity contribution in [1.29, 1.82) is 0 Å². The van der Waals surface area contributed by atoms with Crippen molar-refractivity contribution in [3.8, 4) is 0 Å². The smallest absolute Gasteiger partial charge is 0.233 e. The summed E-state index contributed by atoms with van der Waals surface area (Å²) in [6, 6.07) is 11.1. The van der Waals surface area contributed by atoms with E-state index in [1.54, 1.807) is 0 Å². The molecule has 1 aromatic heterocycles. The lowest BCUT2D eigenvalue weighted by atomic mass is 9.76. The molecular formula is C21H30N4O. The van der Waals surface area contributed by atoms with Gasteiger partial charge in [0.15, 0.2) is 0 Å². The maximum atomic E-state index is 5.77. The largest absolute Gasteiger partial charge is 0.424 e. The molecule has 0 radical (unpaired) electrons. The van der Waals surface area contributed by atoms with Gasteiger partial charge in [0.25, 0.3) is 0 Å². The first-order valence-corrected chi connectivity index (χ1v) is 9.98. The predicted octanol–water partition coefficient (Wildman–Crippen LogP) is 3.47. The highest BCUT2D eigenvalue weighted by molar-refractivity contribution is 5.15. The summed E-state index contributed by atoms with van der Waals surface area (Å²) < 4.78 is 5.77. The van der Waals surface area contributed by atoms with Crippen molar-refractivity contribution in [1.82, 2.24) is 20.0 Å². The minimum absolute atomic E-state index is 0.303. The first-order valence-electron chi connectivity index (χ1n) is 9.98. The second kappa shape index (κ2) is 7.49. The van der Waals surface area contributed by atoms with E-state index in [9.17, 15) is 0 Å². The summed E-state index contributed by atoms with van der Waals surface area (Å²) >= 11 is 0. The highest BCUT2D eigenvalue weighted by atomic mass is 16.4. The minimum atomic E-state index is 0.303. The van der Waals surface area contributed by atoms with Crippen molar-refractivity contribution < 1.29 is 4.42 Å². The van der Waals surface area contributed by atoms with E-state index in [-0.39, 0.29) is 0 Å². The Morgan fingerprint density at radius 1 is 1.15 bits per heavy atom.